The highest BCUT2D eigenvalue weighted by Gasteiger charge is 2.26. The molecule has 2 rings (SSSR count). The molecule has 3 nitrogen and oxygen atoms in total. The molecular weight excluding hydrogens is 293 g/mol. The molecule has 0 aliphatic carbocycles. The lowest BCUT2D eigenvalue weighted by atomic mass is 10.1. The first kappa shape index (κ1) is 16.1. The van der Waals surface area contributed by atoms with Crippen molar-refractivity contribution in [2.45, 2.75) is 65.1 Å². The van der Waals surface area contributed by atoms with Crippen LogP contribution in [0, 0.1) is 0 Å². The first-order valence-corrected chi connectivity index (χ1v) is 8.66. The van der Waals surface area contributed by atoms with E-state index in [4.69, 9.17) is 23.2 Å². The van der Waals surface area contributed by atoms with Gasteiger partial charge in [-0.1, -0.05) is 18.5 Å². The van der Waals surface area contributed by atoms with Crippen molar-refractivity contribution >= 4 is 23.2 Å². The van der Waals surface area contributed by atoms with Crippen LogP contribution in [0.25, 0.3) is 0 Å². The van der Waals surface area contributed by atoms with Crippen LogP contribution < -0.4 is 0 Å². The largest absolute Gasteiger partial charge is 0.295 e. The highest BCUT2D eigenvalue weighted by Crippen LogP contribution is 2.28. The first-order valence-electron chi connectivity index (χ1n) is 7.75. The topological polar surface area (TPSA) is 21.1 Å². The monoisotopic (exact) mass is 317 g/mol. The molecule has 1 atom stereocenters. The van der Waals surface area contributed by atoms with Crippen molar-refractivity contribution in [1.82, 2.24) is 14.7 Å². The minimum absolute atomic E-state index is 0.662. The molecule has 0 aromatic carbocycles. The summed E-state index contributed by atoms with van der Waals surface area (Å²) in [4.78, 5) is 2.56. The number of aromatic nitrogens is 2. The fraction of sp³-hybridized carbons (Fsp3) is 0.800. The van der Waals surface area contributed by atoms with Crippen LogP contribution in [0.3, 0.4) is 0 Å². The molecule has 1 aromatic heterocycles. The van der Waals surface area contributed by atoms with Gasteiger partial charge in [0.25, 0.3) is 0 Å². The van der Waals surface area contributed by atoms with Crippen molar-refractivity contribution in [2.24, 2.45) is 0 Å². The quantitative estimate of drug-likeness (QED) is 0.706. The number of hydrogen-bond donors (Lipinski definition) is 0. The lowest BCUT2D eigenvalue weighted by molar-refractivity contribution is 0.227. The Balaban J connectivity index is 2.10. The maximum absolute atomic E-state index is 6.51. The van der Waals surface area contributed by atoms with E-state index in [9.17, 15) is 0 Å². The molecule has 1 aliphatic heterocycles. The third-order valence-corrected chi connectivity index (χ3v) is 4.92. The number of rotatable bonds is 7. The number of likely N-dealkylation sites (tertiary alicyclic amines) is 1. The number of alkyl halides is 1. The molecule has 2 heterocycles. The molecule has 1 saturated heterocycles. The smallest absolute Gasteiger partial charge is 0.0863 e. The van der Waals surface area contributed by atoms with E-state index in [0.717, 1.165) is 42.5 Å². The summed E-state index contributed by atoms with van der Waals surface area (Å²) in [5.74, 6) is 0.762. The molecule has 114 valence electrons. The minimum Gasteiger partial charge on any atom is -0.295 e. The van der Waals surface area contributed by atoms with Crippen molar-refractivity contribution in [1.29, 1.82) is 0 Å². The normalized spacial score (nSPS) is 19.9. The van der Waals surface area contributed by atoms with Gasteiger partial charge in [-0.3, -0.25) is 9.58 Å². The Kier molecular flexibility index (Phi) is 6.19. The second kappa shape index (κ2) is 7.67. The standard InChI is InChI=1S/C15H25Cl2N3/c1-3-13-15(17)14(20(4-2)18-13)11-19-10-6-8-12(19)7-5-9-16/h12H,3-11H2,1-2H3. The highest BCUT2D eigenvalue weighted by molar-refractivity contribution is 6.31. The highest BCUT2D eigenvalue weighted by atomic mass is 35.5. The van der Waals surface area contributed by atoms with Crippen LogP contribution in [-0.2, 0) is 19.5 Å². The fourth-order valence-corrected chi connectivity index (χ4v) is 3.59. The molecule has 0 bridgehead atoms. The molecule has 0 radical (unpaired) electrons. The minimum atomic E-state index is 0.662. The summed E-state index contributed by atoms with van der Waals surface area (Å²) in [6.07, 6.45) is 5.76. The van der Waals surface area contributed by atoms with Crippen LogP contribution in [-0.4, -0.2) is 33.1 Å². The molecule has 1 aromatic rings. The Bertz CT molecular complexity index is 431. The van der Waals surface area contributed by atoms with Gasteiger partial charge in [0.15, 0.2) is 0 Å². The lowest BCUT2D eigenvalue weighted by Gasteiger charge is -2.24. The molecule has 1 fully saturated rings. The number of nitrogens with zero attached hydrogens (tertiary/aromatic N) is 3. The molecule has 0 amide bonds. The second-order valence-corrected chi connectivity index (χ2v) is 6.23. The Morgan fingerprint density at radius 3 is 2.80 bits per heavy atom. The van der Waals surface area contributed by atoms with E-state index in [-0.39, 0.29) is 0 Å². The van der Waals surface area contributed by atoms with Gasteiger partial charge in [-0.25, -0.2) is 0 Å². The van der Waals surface area contributed by atoms with Crippen LogP contribution in [0.1, 0.15) is 50.9 Å². The Labute approximate surface area is 132 Å². The van der Waals surface area contributed by atoms with Gasteiger partial charge in [0.05, 0.1) is 16.4 Å². The zero-order valence-corrected chi connectivity index (χ0v) is 14.1. The number of aryl methyl sites for hydroxylation is 2. The molecular formula is C15H25Cl2N3. The molecule has 0 spiro atoms. The lowest BCUT2D eigenvalue weighted by Crippen LogP contribution is -2.30. The predicted octanol–water partition coefficient (Wildman–Crippen LogP) is 4.10. The Morgan fingerprint density at radius 1 is 1.35 bits per heavy atom. The molecule has 1 unspecified atom stereocenters. The van der Waals surface area contributed by atoms with E-state index >= 15 is 0 Å². The summed E-state index contributed by atoms with van der Waals surface area (Å²) in [7, 11) is 0. The van der Waals surface area contributed by atoms with Gasteiger partial charge >= 0.3 is 0 Å². The van der Waals surface area contributed by atoms with Gasteiger partial charge in [0, 0.05) is 25.0 Å². The average molecular weight is 318 g/mol. The predicted molar refractivity (Wildman–Crippen MR) is 85.7 cm³/mol. The van der Waals surface area contributed by atoms with Gasteiger partial charge in [-0.15, -0.1) is 11.6 Å². The van der Waals surface area contributed by atoms with Crippen molar-refractivity contribution < 1.29 is 0 Å². The van der Waals surface area contributed by atoms with E-state index in [1.807, 2.05) is 0 Å². The van der Waals surface area contributed by atoms with E-state index < -0.39 is 0 Å². The van der Waals surface area contributed by atoms with Crippen LogP contribution in [0.2, 0.25) is 5.02 Å². The maximum Gasteiger partial charge on any atom is 0.0863 e. The van der Waals surface area contributed by atoms with E-state index in [1.165, 1.54) is 31.5 Å². The summed E-state index contributed by atoms with van der Waals surface area (Å²) in [6.45, 7) is 7.21. The zero-order chi connectivity index (χ0) is 14.5. The third-order valence-electron chi connectivity index (χ3n) is 4.22. The zero-order valence-electron chi connectivity index (χ0n) is 12.5. The van der Waals surface area contributed by atoms with Crippen molar-refractivity contribution in [3.05, 3.63) is 16.4 Å². The van der Waals surface area contributed by atoms with Gasteiger partial charge < -0.3 is 0 Å². The second-order valence-electron chi connectivity index (χ2n) is 5.47. The third kappa shape index (κ3) is 3.49. The average Bonchev–Trinajstić information content (AvgIpc) is 3.02. The van der Waals surface area contributed by atoms with Crippen LogP contribution >= 0.6 is 23.2 Å². The molecule has 1 aliphatic rings. The SMILES string of the molecule is CCc1nn(CC)c(CN2CCCC2CCCCl)c1Cl. The number of halogens is 2. The summed E-state index contributed by atoms with van der Waals surface area (Å²) < 4.78 is 2.07. The fourth-order valence-electron chi connectivity index (χ4n) is 3.10. The van der Waals surface area contributed by atoms with E-state index in [2.05, 4.69) is 28.5 Å². The van der Waals surface area contributed by atoms with Gasteiger partial charge in [0.1, 0.15) is 0 Å². The van der Waals surface area contributed by atoms with Gasteiger partial charge in [0.2, 0.25) is 0 Å². The summed E-state index contributed by atoms with van der Waals surface area (Å²) >= 11 is 12.3. The van der Waals surface area contributed by atoms with Crippen molar-refractivity contribution in [3.63, 3.8) is 0 Å². The van der Waals surface area contributed by atoms with Crippen LogP contribution in [0.4, 0.5) is 0 Å². The summed E-state index contributed by atoms with van der Waals surface area (Å²) in [5.41, 5.74) is 2.21. The number of hydrogen-bond acceptors (Lipinski definition) is 2. The summed E-state index contributed by atoms with van der Waals surface area (Å²) in [5, 5.41) is 5.49. The van der Waals surface area contributed by atoms with Gasteiger partial charge in [-0.05, 0) is 45.6 Å². The Hall–Kier alpha value is -0.250. The van der Waals surface area contributed by atoms with Crippen LogP contribution in [0.15, 0.2) is 0 Å². The van der Waals surface area contributed by atoms with Gasteiger partial charge in [-0.2, -0.15) is 5.10 Å². The molecule has 0 saturated carbocycles. The van der Waals surface area contributed by atoms with E-state index in [0.29, 0.717) is 6.04 Å². The maximum atomic E-state index is 6.51. The molecule has 0 N–H and O–H groups in total. The molecule has 5 heteroatoms. The Morgan fingerprint density at radius 2 is 2.15 bits per heavy atom. The van der Waals surface area contributed by atoms with E-state index in [1.54, 1.807) is 0 Å². The first-order chi connectivity index (χ1) is 9.71. The van der Waals surface area contributed by atoms with Crippen molar-refractivity contribution in [2.75, 3.05) is 12.4 Å². The molecule has 20 heavy (non-hydrogen) atoms. The van der Waals surface area contributed by atoms with Crippen molar-refractivity contribution in [3.8, 4) is 0 Å². The summed E-state index contributed by atoms with van der Waals surface area (Å²) in [6, 6.07) is 0.662. The van der Waals surface area contributed by atoms with Crippen LogP contribution in [0.5, 0.6) is 0 Å².